The normalized spacial score (nSPS) is 10.8. The van der Waals surface area contributed by atoms with Crippen LogP contribution in [-0.2, 0) is 20.8 Å². The number of rotatable bonds is 10. The molecule has 0 atom stereocenters. The summed E-state index contributed by atoms with van der Waals surface area (Å²) in [5, 5.41) is 0.407. The van der Waals surface area contributed by atoms with Gasteiger partial charge in [0.05, 0.1) is 13.2 Å². The summed E-state index contributed by atoms with van der Waals surface area (Å²) in [5.74, 6) is 1.34. The van der Waals surface area contributed by atoms with Crippen LogP contribution in [0.1, 0.15) is 12.7 Å². The van der Waals surface area contributed by atoms with E-state index in [-0.39, 0.29) is 0 Å². The van der Waals surface area contributed by atoms with Crippen LogP contribution in [0, 0.1) is 0 Å². The lowest BCUT2D eigenvalue weighted by atomic mass is 10.4. The van der Waals surface area contributed by atoms with Crippen LogP contribution in [0.2, 0.25) is 5.15 Å². The van der Waals surface area contributed by atoms with Crippen molar-refractivity contribution in [2.24, 2.45) is 0 Å². The lowest BCUT2D eigenvalue weighted by Gasteiger charge is -2.23. The summed E-state index contributed by atoms with van der Waals surface area (Å²) >= 11 is 6.05. The van der Waals surface area contributed by atoms with Crippen LogP contribution in [0.25, 0.3) is 0 Å². The van der Waals surface area contributed by atoms with Gasteiger partial charge in [-0.3, -0.25) is 0 Å². The monoisotopic (exact) mass is 303 g/mol. The quantitative estimate of drug-likeness (QED) is 0.614. The Bertz CT molecular complexity index is 385. The van der Waals surface area contributed by atoms with Crippen molar-refractivity contribution in [2.75, 3.05) is 52.0 Å². The fourth-order valence-electron chi connectivity index (χ4n) is 1.62. The zero-order chi connectivity index (χ0) is 14.8. The number of halogens is 1. The molecule has 7 heteroatoms. The molecule has 0 aliphatic carbocycles. The van der Waals surface area contributed by atoms with Gasteiger partial charge in [0.1, 0.15) is 17.6 Å². The molecular formula is C13H22ClN3O3. The first-order valence-corrected chi connectivity index (χ1v) is 6.93. The second-order valence-electron chi connectivity index (χ2n) is 4.07. The summed E-state index contributed by atoms with van der Waals surface area (Å²) in [4.78, 5) is 10.7. The maximum Gasteiger partial charge on any atom is 0.158 e. The molecule has 6 nitrogen and oxygen atoms in total. The number of aromatic nitrogens is 2. The van der Waals surface area contributed by atoms with Crippen molar-refractivity contribution in [1.29, 1.82) is 0 Å². The van der Waals surface area contributed by atoms with Crippen molar-refractivity contribution < 1.29 is 14.2 Å². The SMILES string of the molecule is CCOCc1nc(Cl)cc(N(CCOC)CCOC)n1. The van der Waals surface area contributed by atoms with E-state index in [1.54, 1.807) is 20.3 Å². The molecule has 0 saturated heterocycles. The zero-order valence-electron chi connectivity index (χ0n) is 12.3. The van der Waals surface area contributed by atoms with E-state index in [1.807, 2.05) is 6.92 Å². The summed E-state index contributed by atoms with van der Waals surface area (Å²) in [6.45, 7) is 5.52. The molecule has 0 unspecified atom stereocenters. The average molecular weight is 304 g/mol. The summed E-state index contributed by atoms with van der Waals surface area (Å²) in [5.41, 5.74) is 0. The van der Waals surface area contributed by atoms with Crippen LogP contribution in [0.15, 0.2) is 6.07 Å². The van der Waals surface area contributed by atoms with Gasteiger partial charge in [-0.2, -0.15) is 0 Å². The predicted octanol–water partition coefficient (Wildman–Crippen LogP) is 1.77. The second-order valence-corrected chi connectivity index (χ2v) is 4.46. The van der Waals surface area contributed by atoms with Gasteiger partial charge in [0.2, 0.25) is 0 Å². The van der Waals surface area contributed by atoms with E-state index in [2.05, 4.69) is 14.9 Å². The molecule has 0 radical (unpaired) electrons. The zero-order valence-corrected chi connectivity index (χ0v) is 13.0. The Labute approximate surface area is 125 Å². The van der Waals surface area contributed by atoms with Crippen LogP contribution in [0.3, 0.4) is 0 Å². The smallest absolute Gasteiger partial charge is 0.158 e. The first-order valence-electron chi connectivity index (χ1n) is 6.55. The minimum absolute atomic E-state index is 0.354. The Kier molecular flexibility index (Phi) is 8.45. The highest BCUT2D eigenvalue weighted by atomic mass is 35.5. The first kappa shape index (κ1) is 17.1. The molecule has 0 spiro atoms. The third kappa shape index (κ3) is 6.00. The fourth-order valence-corrected chi connectivity index (χ4v) is 1.81. The van der Waals surface area contributed by atoms with Gasteiger partial charge in [-0.25, -0.2) is 9.97 Å². The Hall–Kier alpha value is -0.950. The van der Waals surface area contributed by atoms with E-state index in [4.69, 9.17) is 25.8 Å². The number of hydrogen-bond donors (Lipinski definition) is 0. The third-order valence-corrected chi connectivity index (χ3v) is 2.81. The number of nitrogens with zero attached hydrogens (tertiary/aromatic N) is 3. The molecule has 0 aromatic carbocycles. The van der Waals surface area contributed by atoms with Crippen molar-refractivity contribution in [3.05, 3.63) is 17.0 Å². The molecule has 1 aromatic rings. The van der Waals surface area contributed by atoms with Crippen LogP contribution >= 0.6 is 11.6 Å². The molecule has 1 heterocycles. The van der Waals surface area contributed by atoms with E-state index >= 15 is 0 Å². The lowest BCUT2D eigenvalue weighted by molar-refractivity contribution is 0.128. The Morgan fingerprint density at radius 1 is 1.15 bits per heavy atom. The van der Waals surface area contributed by atoms with Crippen molar-refractivity contribution in [1.82, 2.24) is 9.97 Å². The highest BCUT2D eigenvalue weighted by Crippen LogP contribution is 2.16. The molecule has 20 heavy (non-hydrogen) atoms. The molecule has 0 N–H and O–H groups in total. The van der Waals surface area contributed by atoms with Gasteiger partial charge < -0.3 is 19.1 Å². The van der Waals surface area contributed by atoms with E-state index < -0.39 is 0 Å². The molecule has 1 aromatic heterocycles. The van der Waals surface area contributed by atoms with E-state index in [0.717, 1.165) is 5.82 Å². The van der Waals surface area contributed by atoms with Crippen LogP contribution in [0.4, 0.5) is 5.82 Å². The van der Waals surface area contributed by atoms with Gasteiger partial charge in [-0.1, -0.05) is 11.6 Å². The van der Waals surface area contributed by atoms with Gasteiger partial charge in [0.25, 0.3) is 0 Å². The van der Waals surface area contributed by atoms with E-state index in [1.165, 1.54) is 0 Å². The van der Waals surface area contributed by atoms with Gasteiger partial charge in [-0.15, -0.1) is 0 Å². The summed E-state index contributed by atoms with van der Waals surface area (Å²) in [6.07, 6.45) is 0. The minimum atomic E-state index is 0.354. The van der Waals surface area contributed by atoms with E-state index in [9.17, 15) is 0 Å². The Morgan fingerprint density at radius 3 is 2.35 bits per heavy atom. The standard InChI is InChI=1S/C13H22ClN3O3/c1-4-20-10-12-15-11(14)9-13(16-12)17(5-7-18-2)6-8-19-3/h9H,4-8,10H2,1-3H3. The number of anilines is 1. The van der Waals surface area contributed by atoms with Crippen molar-refractivity contribution in [3.8, 4) is 0 Å². The molecule has 0 fully saturated rings. The predicted molar refractivity (Wildman–Crippen MR) is 78.3 cm³/mol. The van der Waals surface area contributed by atoms with Crippen LogP contribution in [-0.4, -0.2) is 57.1 Å². The number of hydrogen-bond acceptors (Lipinski definition) is 6. The van der Waals surface area contributed by atoms with Crippen molar-refractivity contribution in [3.63, 3.8) is 0 Å². The van der Waals surface area contributed by atoms with E-state index in [0.29, 0.717) is 50.5 Å². The van der Waals surface area contributed by atoms with Gasteiger partial charge in [0, 0.05) is 40.0 Å². The molecular weight excluding hydrogens is 282 g/mol. The molecule has 0 bridgehead atoms. The van der Waals surface area contributed by atoms with Crippen LogP contribution in [0.5, 0.6) is 0 Å². The van der Waals surface area contributed by atoms with Crippen molar-refractivity contribution >= 4 is 17.4 Å². The maximum atomic E-state index is 6.05. The fraction of sp³-hybridized carbons (Fsp3) is 0.692. The highest BCUT2D eigenvalue weighted by Gasteiger charge is 2.11. The number of methoxy groups -OCH3 is 2. The largest absolute Gasteiger partial charge is 0.383 e. The highest BCUT2D eigenvalue weighted by molar-refractivity contribution is 6.29. The van der Waals surface area contributed by atoms with Crippen molar-refractivity contribution in [2.45, 2.75) is 13.5 Å². The topological polar surface area (TPSA) is 56.7 Å². The number of ether oxygens (including phenoxy) is 3. The maximum absolute atomic E-state index is 6.05. The summed E-state index contributed by atoms with van der Waals surface area (Å²) < 4.78 is 15.6. The molecule has 1 rings (SSSR count). The average Bonchev–Trinajstić information content (AvgIpc) is 2.44. The molecule has 0 aliphatic rings. The van der Waals surface area contributed by atoms with Gasteiger partial charge in [0.15, 0.2) is 5.82 Å². The van der Waals surface area contributed by atoms with Gasteiger partial charge in [-0.05, 0) is 6.92 Å². The first-order chi connectivity index (χ1) is 9.71. The molecule has 0 aliphatic heterocycles. The minimum Gasteiger partial charge on any atom is -0.383 e. The Balaban J connectivity index is 2.83. The van der Waals surface area contributed by atoms with Crippen LogP contribution < -0.4 is 4.90 Å². The van der Waals surface area contributed by atoms with Gasteiger partial charge >= 0.3 is 0 Å². The molecule has 0 amide bonds. The Morgan fingerprint density at radius 2 is 1.80 bits per heavy atom. The molecule has 114 valence electrons. The second kappa shape index (κ2) is 9.88. The lowest BCUT2D eigenvalue weighted by Crippen LogP contribution is -2.31. The summed E-state index contributed by atoms with van der Waals surface area (Å²) in [7, 11) is 3.34. The third-order valence-electron chi connectivity index (χ3n) is 2.62. The molecule has 0 saturated carbocycles. The summed E-state index contributed by atoms with van der Waals surface area (Å²) in [6, 6.07) is 1.74.